The normalized spacial score (nSPS) is 12.8. The van der Waals surface area contributed by atoms with Crippen molar-refractivity contribution in [1.29, 1.82) is 0 Å². The first-order valence-corrected chi connectivity index (χ1v) is 7.92. The molecule has 0 fully saturated rings. The summed E-state index contributed by atoms with van der Waals surface area (Å²) in [4.78, 5) is 8.98. The summed E-state index contributed by atoms with van der Waals surface area (Å²) in [5.74, 6) is 1.15. The van der Waals surface area contributed by atoms with Crippen LogP contribution in [0.15, 0.2) is 43.0 Å². The first-order chi connectivity index (χ1) is 10.8. The van der Waals surface area contributed by atoms with E-state index in [9.17, 15) is 0 Å². The van der Waals surface area contributed by atoms with Crippen LogP contribution < -0.4 is 5.32 Å². The fourth-order valence-corrected chi connectivity index (χ4v) is 2.73. The van der Waals surface area contributed by atoms with Crippen molar-refractivity contribution in [3.05, 3.63) is 54.5 Å². The highest BCUT2D eigenvalue weighted by Crippen LogP contribution is 2.05. The molecule has 0 aliphatic heterocycles. The SMILES string of the molecule is CCc1nccn1C[C@H](C)NCCc1cn2ccccc2n1. The topological polar surface area (TPSA) is 47.2 Å². The number of pyridine rings is 1. The van der Waals surface area contributed by atoms with E-state index in [-0.39, 0.29) is 0 Å². The van der Waals surface area contributed by atoms with Crippen molar-refractivity contribution in [1.82, 2.24) is 24.3 Å². The molecule has 22 heavy (non-hydrogen) atoms. The van der Waals surface area contributed by atoms with Gasteiger partial charge in [0.25, 0.3) is 0 Å². The summed E-state index contributed by atoms with van der Waals surface area (Å²) < 4.78 is 4.29. The lowest BCUT2D eigenvalue weighted by molar-refractivity contribution is 0.470. The summed E-state index contributed by atoms with van der Waals surface area (Å²) in [6.45, 7) is 6.24. The van der Waals surface area contributed by atoms with E-state index < -0.39 is 0 Å². The number of aromatic nitrogens is 4. The largest absolute Gasteiger partial charge is 0.333 e. The van der Waals surface area contributed by atoms with E-state index in [1.54, 1.807) is 0 Å². The average molecular weight is 297 g/mol. The molecule has 0 saturated heterocycles. The van der Waals surface area contributed by atoms with Crippen LogP contribution in [-0.4, -0.2) is 31.5 Å². The number of rotatable bonds is 7. The second-order valence-corrected chi connectivity index (χ2v) is 5.65. The van der Waals surface area contributed by atoms with Gasteiger partial charge in [-0.15, -0.1) is 0 Å². The van der Waals surface area contributed by atoms with Gasteiger partial charge in [0.1, 0.15) is 11.5 Å². The number of imidazole rings is 2. The molecule has 0 amide bonds. The van der Waals surface area contributed by atoms with E-state index in [0.29, 0.717) is 6.04 Å². The van der Waals surface area contributed by atoms with Gasteiger partial charge in [0.15, 0.2) is 0 Å². The van der Waals surface area contributed by atoms with Crippen LogP contribution in [0.25, 0.3) is 5.65 Å². The van der Waals surface area contributed by atoms with Crippen LogP contribution in [0.4, 0.5) is 0 Å². The maximum Gasteiger partial charge on any atom is 0.136 e. The molecule has 3 aromatic heterocycles. The van der Waals surface area contributed by atoms with Crippen molar-refractivity contribution in [2.45, 2.75) is 39.3 Å². The number of fused-ring (bicyclic) bond motifs is 1. The molecule has 0 aliphatic carbocycles. The summed E-state index contributed by atoms with van der Waals surface area (Å²) in [6.07, 6.45) is 9.98. The molecule has 0 radical (unpaired) electrons. The molecule has 0 bridgehead atoms. The molecule has 3 aromatic rings. The molecule has 3 heterocycles. The quantitative estimate of drug-likeness (QED) is 0.728. The van der Waals surface area contributed by atoms with Gasteiger partial charge in [0.2, 0.25) is 0 Å². The molecular weight excluding hydrogens is 274 g/mol. The second kappa shape index (κ2) is 6.75. The summed E-state index contributed by atoms with van der Waals surface area (Å²) in [7, 11) is 0. The van der Waals surface area contributed by atoms with Crippen LogP contribution in [-0.2, 0) is 19.4 Å². The molecule has 0 aliphatic rings. The van der Waals surface area contributed by atoms with Crippen molar-refractivity contribution in [3.8, 4) is 0 Å². The highest BCUT2D eigenvalue weighted by molar-refractivity contribution is 5.39. The Morgan fingerprint density at radius 1 is 1.27 bits per heavy atom. The molecule has 0 aromatic carbocycles. The Balaban J connectivity index is 1.50. The van der Waals surface area contributed by atoms with Gasteiger partial charge in [0, 0.05) is 56.8 Å². The zero-order valence-corrected chi connectivity index (χ0v) is 13.2. The molecule has 0 spiro atoms. The van der Waals surface area contributed by atoms with Crippen molar-refractivity contribution in [2.75, 3.05) is 6.54 Å². The molecular formula is C17H23N5. The first kappa shape index (κ1) is 14.8. The van der Waals surface area contributed by atoms with E-state index >= 15 is 0 Å². The first-order valence-electron chi connectivity index (χ1n) is 7.92. The Bertz CT molecular complexity index is 694. The fourth-order valence-electron chi connectivity index (χ4n) is 2.73. The maximum atomic E-state index is 4.62. The smallest absolute Gasteiger partial charge is 0.136 e. The minimum atomic E-state index is 0.413. The monoisotopic (exact) mass is 297 g/mol. The fraction of sp³-hybridized carbons (Fsp3) is 0.412. The zero-order chi connectivity index (χ0) is 15.4. The highest BCUT2D eigenvalue weighted by atomic mass is 15.1. The van der Waals surface area contributed by atoms with Crippen molar-refractivity contribution >= 4 is 5.65 Å². The molecule has 0 unspecified atom stereocenters. The summed E-state index contributed by atoms with van der Waals surface area (Å²) in [5.41, 5.74) is 2.14. The van der Waals surface area contributed by atoms with E-state index in [0.717, 1.165) is 43.1 Å². The van der Waals surface area contributed by atoms with Crippen LogP contribution in [0, 0.1) is 0 Å². The Labute approximate surface area is 131 Å². The molecule has 3 rings (SSSR count). The van der Waals surface area contributed by atoms with E-state index in [1.165, 1.54) is 0 Å². The minimum absolute atomic E-state index is 0.413. The Morgan fingerprint density at radius 3 is 3.00 bits per heavy atom. The van der Waals surface area contributed by atoms with Gasteiger partial charge in [-0.3, -0.25) is 0 Å². The molecule has 1 N–H and O–H groups in total. The van der Waals surface area contributed by atoms with Gasteiger partial charge in [-0.1, -0.05) is 13.0 Å². The third kappa shape index (κ3) is 3.36. The number of aryl methyl sites for hydroxylation is 1. The van der Waals surface area contributed by atoms with E-state index in [1.807, 2.05) is 30.6 Å². The average Bonchev–Trinajstić information content (AvgIpc) is 3.12. The highest BCUT2D eigenvalue weighted by Gasteiger charge is 2.06. The second-order valence-electron chi connectivity index (χ2n) is 5.65. The third-order valence-corrected chi connectivity index (χ3v) is 3.88. The molecule has 0 saturated carbocycles. The third-order valence-electron chi connectivity index (χ3n) is 3.88. The van der Waals surface area contributed by atoms with E-state index in [2.05, 4.69) is 50.5 Å². The summed E-state index contributed by atoms with van der Waals surface area (Å²) in [5, 5.41) is 3.57. The van der Waals surface area contributed by atoms with Crippen LogP contribution >= 0.6 is 0 Å². The number of nitrogens with one attached hydrogen (secondary N) is 1. The number of hydrogen-bond acceptors (Lipinski definition) is 3. The standard InChI is InChI=1S/C17H23N5/c1-3-16-19-9-11-22(16)12-14(2)18-8-7-15-13-21-10-5-4-6-17(21)20-15/h4-6,9-11,13-14,18H,3,7-8,12H2,1-2H3/t14-/m0/s1. The summed E-state index contributed by atoms with van der Waals surface area (Å²) in [6, 6.07) is 6.49. The van der Waals surface area contributed by atoms with Crippen LogP contribution in [0.3, 0.4) is 0 Å². The van der Waals surface area contributed by atoms with Crippen molar-refractivity contribution in [2.24, 2.45) is 0 Å². The van der Waals surface area contributed by atoms with E-state index in [4.69, 9.17) is 0 Å². The molecule has 5 nitrogen and oxygen atoms in total. The van der Waals surface area contributed by atoms with Crippen LogP contribution in [0.2, 0.25) is 0 Å². The van der Waals surface area contributed by atoms with Crippen molar-refractivity contribution in [3.63, 3.8) is 0 Å². The Morgan fingerprint density at radius 2 is 2.18 bits per heavy atom. The predicted molar refractivity (Wildman–Crippen MR) is 88.0 cm³/mol. The van der Waals surface area contributed by atoms with Gasteiger partial charge in [-0.2, -0.15) is 0 Å². The van der Waals surface area contributed by atoms with Gasteiger partial charge >= 0.3 is 0 Å². The van der Waals surface area contributed by atoms with Crippen molar-refractivity contribution < 1.29 is 0 Å². The molecule has 116 valence electrons. The Hall–Kier alpha value is -2.14. The van der Waals surface area contributed by atoms with Gasteiger partial charge in [-0.25, -0.2) is 9.97 Å². The summed E-state index contributed by atoms with van der Waals surface area (Å²) >= 11 is 0. The van der Waals surface area contributed by atoms with Gasteiger partial charge in [0.05, 0.1) is 5.69 Å². The van der Waals surface area contributed by atoms with Crippen LogP contribution in [0.5, 0.6) is 0 Å². The lowest BCUT2D eigenvalue weighted by Crippen LogP contribution is -2.32. The zero-order valence-electron chi connectivity index (χ0n) is 13.2. The number of hydrogen-bond donors (Lipinski definition) is 1. The predicted octanol–water partition coefficient (Wildman–Crippen LogP) is 2.31. The lowest BCUT2D eigenvalue weighted by atomic mass is 10.3. The maximum absolute atomic E-state index is 4.62. The van der Waals surface area contributed by atoms with Crippen LogP contribution in [0.1, 0.15) is 25.4 Å². The van der Waals surface area contributed by atoms with Gasteiger partial charge in [-0.05, 0) is 19.1 Å². The number of nitrogens with zero attached hydrogens (tertiary/aromatic N) is 4. The minimum Gasteiger partial charge on any atom is -0.333 e. The molecule has 5 heteroatoms. The Kier molecular flexibility index (Phi) is 4.53. The van der Waals surface area contributed by atoms with Gasteiger partial charge < -0.3 is 14.3 Å². The molecule has 1 atom stereocenters. The lowest BCUT2D eigenvalue weighted by Gasteiger charge is -2.15.